The Labute approximate surface area is 195 Å². The minimum atomic E-state index is -0.0697. The Balaban J connectivity index is 0.999. The van der Waals surface area contributed by atoms with Crippen molar-refractivity contribution in [1.29, 1.82) is 0 Å². The molecule has 4 aliphatic rings. The minimum absolute atomic E-state index is 0.0697. The monoisotopic (exact) mass is 443 g/mol. The highest BCUT2D eigenvalue weighted by molar-refractivity contribution is 5.88. The van der Waals surface area contributed by atoms with E-state index in [1.165, 1.54) is 52.2 Å². The van der Waals surface area contributed by atoms with E-state index < -0.39 is 0 Å². The first-order valence-electron chi connectivity index (χ1n) is 12.5. The number of nitrogens with one attached hydrogen (secondary N) is 2. The summed E-state index contributed by atoms with van der Waals surface area (Å²) in [6.07, 6.45) is 13.9. The second-order valence-corrected chi connectivity index (χ2v) is 10.6. The maximum absolute atomic E-state index is 11.2. The van der Waals surface area contributed by atoms with Crippen LogP contribution >= 0.6 is 0 Å². The average molecular weight is 444 g/mol. The van der Waals surface area contributed by atoms with Crippen molar-refractivity contribution in [2.45, 2.75) is 38.6 Å². The predicted octanol–water partition coefficient (Wildman–Crippen LogP) is 4.44. The Morgan fingerprint density at radius 1 is 1.00 bits per heavy atom. The molecule has 1 amide bonds. The van der Waals surface area contributed by atoms with E-state index in [9.17, 15) is 4.79 Å². The Morgan fingerprint density at radius 2 is 1.79 bits per heavy atom. The number of aromatic nitrogens is 2. The van der Waals surface area contributed by atoms with Crippen LogP contribution in [0.25, 0.3) is 11.3 Å². The smallest absolute Gasteiger partial charge is 0.221 e. The van der Waals surface area contributed by atoms with E-state index in [0.29, 0.717) is 6.04 Å². The van der Waals surface area contributed by atoms with Crippen molar-refractivity contribution >= 4 is 17.4 Å². The first-order valence-corrected chi connectivity index (χ1v) is 12.5. The van der Waals surface area contributed by atoms with Crippen LogP contribution in [0.5, 0.6) is 0 Å². The second kappa shape index (κ2) is 8.56. The summed E-state index contributed by atoms with van der Waals surface area (Å²) in [5.41, 5.74) is 2.61. The Kier molecular flexibility index (Phi) is 5.41. The van der Waals surface area contributed by atoms with Gasteiger partial charge in [0.25, 0.3) is 0 Å². The molecule has 0 spiro atoms. The third-order valence-corrected chi connectivity index (χ3v) is 8.24. The van der Waals surface area contributed by atoms with E-state index >= 15 is 0 Å². The number of hydrogen-bond donors (Lipinski definition) is 2. The molecule has 6 rings (SSSR count). The SMILES string of the molecule is CC(=O)Nc1ccc(-c2cnc(N[C@@H]3C[C@@H]4CN(CC5CC6C=CC5C6)C[C@@H]4C3)cn2)cc1. The van der Waals surface area contributed by atoms with Crippen LogP contribution in [0.2, 0.25) is 0 Å². The standard InChI is InChI=1S/C27H33N5O/c1-17(33)30-24-6-4-19(5-7-24)26-12-29-27(13-28-26)31-25-10-22-15-32(16-23(22)11-25)14-21-9-18-2-3-20(21)8-18/h2-7,12-13,18,20-23,25H,8-11,14-16H2,1H3,(H,29,31)(H,30,33)/t18?,20?,21?,22-,23+,25-. The zero-order chi connectivity index (χ0) is 22.4. The normalized spacial score (nSPS) is 32.3. The van der Waals surface area contributed by atoms with Crippen molar-refractivity contribution in [1.82, 2.24) is 14.9 Å². The first kappa shape index (κ1) is 20.8. The highest BCUT2D eigenvalue weighted by Crippen LogP contribution is 2.45. The molecule has 3 fully saturated rings. The van der Waals surface area contributed by atoms with Crippen LogP contribution in [-0.2, 0) is 4.79 Å². The zero-order valence-electron chi connectivity index (χ0n) is 19.3. The molecule has 6 atom stereocenters. The topological polar surface area (TPSA) is 70.2 Å². The van der Waals surface area contributed by atoms with Crippen molar-refractivity contribution in [3.05, 3.63) is 48.8 Å². The van der Waals surface area contributed by atoms with Gasteiger partial charge in [0.15, 0.2) is 0 Å². The lowest BCUT2D eigenvalue weighted by Gasteiger charge is -2.26. The molecular formula is C27H33N5O. The fourth-order valence-electron chi connectivity index (χ4n) is 6.79. The van der Waals surface area contributed by atoms with Gasteiger partial charge in [-0.2, -0.15) is 0 Å². The number of anilines is 2. The first-order chi connectivity index (χ1) is 16.1. The molecule has 33 heavy (non-hydrogen) atoms. The number of rotatable bonds is 6. The van der Waals surface area contributed by atoms with E-state index in [4.69, 9.17) is 0 Å². The number of fused-ring (bicyclic) bond motifs is 3. The summed E-state index contributed by atoms with van der Waals surface area (Å²) >= 11 is 0. The predicted molar refractivity (Wildman–Crippen MR) is 131 cm³/mol. The number of nitrogens with zero attached hydrogens (tertiary/aromatic N) is 3. The van der Waals surface area contributed by atoms with E-state index in [1.807, 2.05) is 36.7 Å². The average Bonchev–Trinajstić information content (AvgIpc) is 3.56. The van der Waals surface area contributed by atoms with Crippen LogP contribution in [-0.4, -0.2) is 46.5 Å². The molecule has 1 aromatic carbocycles. The summed E-state index contributed by atoms with van der Waals surface area (Å²) in [7, 11) is 0. The molecule has 2 saturated carbocycles. The van der Waals surface area contributed by atoms with Gasteiger partial charge in [-0.1, -0.05) is 24.3 Å². The summed E-state index contributed by atoms with van der Waals surface area (Å²) in [4.78, 5) is 23.2. The zero-order valence-corrected chi connectivity index (χ0v) is 19.3. The number of likely N-dealkylation sites (tertiary alicyclic amines) is 1. The fourth-order valence-corrected chi connectivity index (χ4v) is 6.79. The molecule has 1 saturated heterocycles. The Morgan fingerprint density at radius 3 is 2.39 bits per heavy atom. The van der Waals surface area contributed by atoms with Gasteiger partial charge in [0.1, 0.15) is 5.82 Å². The molecule has 0 radical (unpaired) electrons. The third-order valence-electron chi connectivity index (χ3n) is 8.24. The molecule has 3 aliphatic carbocycles. The summed E-state index contributed by atoms with van der Waals surface area (Å²) in [5.74, 6) is 5.09. The van der Waals surface area contributed by atoms with Gasteiger partial charge in [0, 0.05) is 43.9 Å². The lowest BCUT2D eigenvalue weighted by atomic mass is 9.93. The summed E-state index contributed by atoms with van der Waals surface area (Å²) in [5, 5.41) is 6.43. The van der Waals surface area contributed by atoms with Gasteiger partial charge in [-0.05, 0) is 67.4 Å². The Hall–Kier alpha value is -2.73. The molecule has 3 unspecified atom stereocenters. The van der Waals surface area contributed by atoms with E-state index in [0.717, 1.165) is 52.4 Å². The molecule has 1 aliphatic heterocycles. The third kappa shape index (κ3) is 4.41. The number of hydrogen-bond acceptors (Lipinski definition) is 5. The summed E-state index contributed by atoms with van der Waals surface area (Å²) in [6, 6.07) is 8.20. The summed E-state index contributed by atoms with van der Waals surface area (Å²) < 4.78 is 0. The molecule has 2 bridgehead atoms. The molecule has 2 aromatic rings. The van der Waals surface area contributed by atoms with Gasteiger partial charge in [0.05, 0.1) is 18.1 Å². The summed E-state index contributed by atoms with van der Waals surface area (Å²) in [6.45, 7) is 5.38. The fraction of sp³-hybridized carbons (Fsp3) is 0.519. The van der Waals surface area contributed by atoms with Crippen molar-refractivity contribution in [3.63, 3.8) is 0 Å². The van der Waals surface area contributed by atoms with Crippen LogP contribution < -0.4 is 10.6 Å². The molecule has 2 heterocycles. The van der Waals surface area contributed by atoms with Gasteiger partial charge < -0.3 is 15.5 Å². The molecular weight excluding hydrogens is 410 g/mol. The van der Waals surface area contributed by atoms with Crippen LogP contribution in [0.15, 0.2) is 48.8 Å². The second-order valence-electron chi connectivity index (χ2n) is 10.6. The van der Waals surface area contributed by atoms with E-state index in [1.54, 1.807) is 0 Å². The molecule has 6 heteroatoms. The van der Waals surface area contributed by atoms with E-state index in [-0.39, 0.29) is 5.91 Å². The largest absolute Gasteiger partial charge is 0.366 e. The molecule has 1 aromatic heterocycles. The van der Waals surface area contributed by atoms with Gasteiger partial charge in [0.2, 0.25) is 5.91 Å². The highest BCUT2D eigenvalue weighted by atomic mass is 16.1. The highest BCUT2D eigenvalue weighted by Gasteiger charge is 2.43. The molecule has 172 valence electrons. The lowest BCUT2D eigenvalue weighted by molar-refractivity contribution is -0.114. The number of benzene rings is 1. The van der Waals surface area contributed by atoms with Gasteiger partial charge in [-0.3, -0.25) is 9.78 Å². The van der Waals surface area contributed by atoms with Crippen LogP contribution in [0.1, 0.15) is 32.6 Å². The number of allylic oxidation sites excluding steroid dienone is 2. The van der Waals surface area contributed by atoms with Crippen molar-refractivity contribution in [2.75, 3.05) is 30.3 Å². The maximum Gasteiger partial charge on any atom is 0.221 e. The van der Waals surface area contributed by atoms with Crippen molar-refractivity contribution in [3.8, 4) is 11.3 Å². The van der Waals surface area contributed by atoms with Crippen LogP contribution in [0.3, 0.4) is 0 Å². The number of carbonyl (C=O) groups excluding carboxylic acids is 1. The Bertz CT molecular complexity index is 1020. The minimum Gasteiger partial charge on any atom is -0.366 e. The van der Waals surface area contributed by atoms with Crippen LogP contribution in [0, 0.1) is 29.6 Å². The number of carbonyl (C=O) groups is 1. The lowest BCUT2D eigenvalue weighted by Crippen LogP contribution is -2.31. The molecule has 2 N–H and O–H groups in total. The quantitative estimate of drug-likeness (QED) is 0.646. The van der Waals surface area contributed by atoms with Crippen molar-refractivity contribution in [2.24, 2.45) is 29.6 Å². The van der Waals surface area contributed by atoms with Gasteiger partial charge >= 0.3 is 0 Å². The van der Waals surface area contributed by atoms with Crippen LogP contribution in [0.4, 0.5) is 11.5 Å². The van der Waals surface area contributed by atoms with Crippen molar-refractivity contribution < 1.29 is 4.79 Å². The number of amides is 1. The van der Waals surface area contributed by atoms with Gasteiger partial charge in [-0.15, -0.1) is 0 Å². The van der Waals surface area contributed by atoms with E-state index in [2.05, 4.69) is 37.7 Å². The maximum atomic E-state index is 11.2. The molecule has 6 nitrogen and oxygen atoms in total. The van der Waals surface area contributed by atoms with Gasteiger partial charge in [-0.25, -0.2) is 4.98 Å².